The van der Waals surface area contributed by atoms with Gasteiger partial charge >= 0.3 is 0 Å². The van der Waals surface area contributed by atoms with Crippen LogP contribution in [-0.4, -0.2) is 50.9 Å². The van der Waals surface area contributed by atoms with Gasteiger partial charge in [-0.2, -0.15) is 4.31 Å². The number of quaternary nitrogens is 1. The lowest BCUT2D eigenvalue weighted by Crippen LogP contribution is -3.17. The molecule has 0 radical (unpaired) electrons. The molecule has 0 atom stereocenters. The molecule has 122 valence electrons. The summed E-state index contributed by atoms with van der Waals surface area (Å²) in [4.78, 5) is 12.7. The maximum absolute atomic E-state index is 12.6. The van der Waals surface area contributed by atoms with Crippen molar-refractivity contribution >= 4 is 21.6 Å². The van der Waals surface area contributed by atoms with Crippen LogP contribution in [0.2, 0.25) is 0 Å². The number of amides is 1. The van der Waals surface area contributed by atoms with E-state index in [0.717, 1.165) is 13.1 Å². The average Bonchev–Trinajstić information content (AvgIpc) is 2.47. The lowest BCUT2D eigenvalue weighted by atomic mass is 10.3. The maximum Gasteiger partial charge on any atom is 0.243 e. The molecule has 0 bridgehead atoms. The van der Waals surface area contributed by atoms with Gasteiger partial charge in [-0.25, -0.2) is 8.42 Å². The zero-order valence-corrected chi connectivity index (χ0v) is 14.1. The molecule has 1 saturated heterocycles. The van der Waals surface area contributed by atoms with E-state index in [2.05, 4.69) is 19.2 Å². The molecule has 0 spiro atoms. The highest BCUT2D eigenvalue weighted by atomic mass is 32.2. The summed E-state index contributed by atoms with van der Waals surface area (Å²) in [5.41, 5.74) is 0.598. The number of rotatable bonds is 4. The van der Waals surface area contributed by atoms with Crippen molar-refractivity contribution in [2.24, 2.45) is 0 Å². The number of anilines is 1. The summed E-state index contributed by atoms with van der Waals surface area (Å²) in [5.74, 6) is -0.177. The van der Waals surface area contributed by atoms with E-state index in [1.807, 2.05) is 0 Å². The molecular formula is C15H24N3O3S+. The Kier molecular flexibility index (Phi) is 5.20. The molecule has 1 aliphatic rings. The zero-order valence-electron chi connectivity index (χ0n) is 13.3. The molecule has 1 aromatic carbocycles. The van der Waals surface area contributed by atoms with Gasteiger partial charge in [-0.05, 0) is 38.1 Å². The van der Waals surface area contributed by atoms with E-state index in [1.54, 1.807) is 28.6 Å². The van der Waals surface area contributed by atoms with Gasteiger partial charge in [0.05, 0.1) is 37.1 Å². The lowest BCUT2D eigenvalue weighted by Gasteiger charge is -2.33. The zero-order chi connectivity index (χ0) is 16.3. The first-order valence-corrected chi connectivity index (χ1v) is 8.97. The van der Waals surface area contributed by atoms with Crippen LogP contribution in [0.4, 0.5) is 5.69 Å². The predicted octanol–water partition coefficient (Wildman–Crippen LogP) is -0.0574. The van der Waals surface area contributed by atoms with Crippen LogP contribution in [0, 0.1) is 0 Å². The fourth-order valence-corrected chi connectivity index (χ4v) is 4.10. The summed E-state index contributed by atoms with van der Waals surface area (Å²) in [6, 6.07) is 6.83. The van der Waals surface area contributed by atoms with E-state index < -0.39 is 10.0 Å². The minimum Gasteiger partial charge on any atom is -0.331 e. The Morgan fingerprint density at radius 1 is 1.18 bits per heavy atom. The second-order valence-corrected chi connectivity index (χ2v) is 7.86. The van der Waals surface area contributed by atoms with Crippen molar-refractivity contribution in [3.05, 3.63) is 24.3 Å². The van der Waals surface area contributed by atoms with E-state index in [4.69, 9.17) is 0 Å². The van der Waals surface area contributed by atoms with Crippen molar-refractivity contribution in [2.75, 3.05) is 31.5 Å². The molecule has 7 heteroatoms. The van der Waals surface area contributed by atoms with Crippen LogP contribution in [0.15, 0.2) is 29.2 Å². The van der Waals surface area contributed by atoms with E-state index >= 15 is 0 Å². The topological polar surface area (TPSA) is 70.9 Å². The molecule has 2 rings (SSSR count). The molecule has 6 nitrogen and oxygen atoms in total. The third kappa shape index (κ3) is 3.85. The van der Waals surface area contributed by atoms with Crippen molar-refractivity contribution in [1.82, 2.24) is 4.31 Å². The van der Waals surface area contributed by atoms with Crippen LogP contribution in [-0.2, 0) is 14.8 Å². The van der Waals surface area contributed by atoms with Crippen molar-refractivity contribution in [2.45, 2.75) is 31.7 Å². The Labute approximate surface area is 132 Å². The first kappa shape index (κ1) is 16.9. The molecule has 1 aliphatic heterocycles. The number of benzene rings is 1. The molecule has 0 aromatic heterocycles. The molecule has 1 aromatic rings. The highest BCUT2D eigenvalue weighted by Gasteiger charge is 2.31. The van der Waals surface area contributed by atoms with Crippen LogP contribution in [0.25, 0.3) is 0 Å². The second kappa shape index (κ2) is 6.76. The van der Waals surface area contributed by atoms with E-state index in [-0.39, 0.29) is 10.8 Å². The molecule has 0 aliphatic carbocycles. The Bertz CT molecular complexity index is 618. The highest BCUT2D eigenvalue weighted by molar-refractivity contribution is 7.89. The van der Waals surface area contributed by atoms with Gasteiger partial charge in [0, 0.05) is 12.6 Å². The minimum atomic E-state index is -3.45. The number of sulfonamides is 1. The Hall–Kier alpha value is -1.44. The Balaban J connectivity index is 2.09. The lowest BCUT2D eigenvalue weighted by molar-refractivity contribution is -0.924. The fourth-order valence-electron chi connectivity index (χ4n) is 2.65. The summed E-state index contributed by atoms with van der Waals surface area (Å²) in [7, 11) is -3.45. The van der Waals surface area contributed by atoms with Gasteiger partial charge in [-0.1, -0.05) is 0 Å². The largest absolute Gasteiger partial charge is 0.331 e. The van der Waals surface area contributed by atoms with Crippen LogP contribution < -0.4 is 10.2 Å². The number of hydrogen-bond donors (Lipinski definition) is 2. The number of nitrogens with zero attached hydrogens (tertiary/aromatic N) is 1. The number of piperazine rings is 1. The first-order valence-electron chi connectivity index (χ1n) is 7.53. The summed E-state index contributed by atoms with van der Waals surface area (Å²) < 4.78 is 26.8. The third-order valence-electron chi connectivity index (χ3n) is 3.99. The monoisotopic (exact) mass is 326 g/mol. The minimum absolute atomic E-state index is 0.177. The van der Waals surface area contributed by atoms with Crippen LogP contribution in [0.1, 0.15) is 20.8 Å². The number of nitrogens with one attached hydrogen (secondary N) is 2. The van der Waals surface area contributed by atoms with Crippen molar-refractivity contribution in [3.8, 4) is 0 Å². The maximum atomic E-state index is 12.6. The van der Waals surface area contributed by atoms with Gasteiger partial charge in [0.2, 0.25) is 15.9 Å². The van der Waals surface area contributed by atoms with Crippen LogP contribution in [0.5, 0.6) is 0 Å². The standard InChI is InChI=1S/C15H23N3O3S/c1-12(2)17-8-10-18(11-9-17)22(20,21)15-6-4-14(5-7-15)16-13(3)19/h4-7,12H,8-11H2,1-3H3,(H,16,19)/p+1. The molecular weight excluding hydrogens is 302 g/mol. The molecule has 1 amide bonds. The highest BCUT2D eigenvalue weighted by Crippen LogP contribution is 2.18. The number of hydrogen-bond acceptors (Lipinski definition) is 3. The molecule has 1 heterocycles. The quantitative estimate of drug-likeness (QED) is 0.814. The summed E-state index contributed by atoms with van der Waals surface area (Å²) in [5, 5.41) is 2.63. The van der Waals surface area contributed by atoms with Gasteiger partial charge in [0.25, 0.3) is 0 Å². The fraction of sp³-hybridized carbons (Fsp3) is 0.533. The molecule has 2 N–H and O–H groups in total. The molecule has 1 fully saturated rings. The SMILES string of the molecule is CC(=O)Nc1ccc(S(=O)(=O)N2CC[NH+](C(C)C)CC2)cc1. The Morgan fingerprint density at radius 2 is 1.73 bits per heavy atom. The van der Waals surface area contributed by atoms with Gasteiger partial charge in [-0.3, -0.25) is 4.79 Å². The van der Waals surface area contributed by atoms with Crippen molar-refractivity contribution in [3.63, 3.8) is 0 Å². The third-order valence-corrected chi connectivity index (χ3v) is 5.91. The van der Waals surface area contributed by atoms with Gasteiger partial charge < -0.3 is 10.2 Å². The summed E-state index contributed by atoms with van der Waals surface area (Å²) >= 11 is 0. The van der Waals surface area contributed by atoms with E-state index in [0.29, 0.717) is 24.8 Å². The second-order valence-electron chi connectivity index (χ2n) is 5.92. The Morgan fingerprint density at radius 3 is 2.18 bits per heavy atom. The van der Waals surface area contributed by atoms with Gasteiger partial charge in [0.1, 0.15) is 0 Å². The summed E-state index contributed by atoms with van der Waals surface area (Å²) in [6.07, 6.45) is 0. The normalized spacial score (nSPS) is 17.6. The van der Waals surface area contributed by atoms with Crippen LogP contribution >= 0.6 is 0 Å². The first-order chi connectivity index (χ1) is 10.3. The average molecular weight is 326 g/mol. The van der Waals surface area contributed by atoms with E-state index in [1.165, 1.54) is 11.8 Å². The smallest absolute Gasteiger partial charge is 0.243 e. The van der Waals surface area contributed by atoms with Gasteiger partial charge in [-0.15, -0.1) is 0 Å². The predicted molar refractivity (Wildman–Crippen MR) is 85.3 cm³/mol. The summed E-state index contributed by atoms with van der Waals surface area (Å²) in [6.45, 7) is 8.48. The molecule has 0 saturated carbocycles. The van der Waals surface area contributed by atoms with Crippen LogP contribution in [0.3, 0.4) is 0 Å². The van der Waals surface area contributed by atoms with Gasteiger partial charge in [0.15, 0.2) is 0 Å². The van der Waals surface area contributed by atoms with Crippen molar-refractivity contribution < 1.29 is 18.1 Å². The molecule has 22 heavy (non-hydrogen) atoms. The van der Waals surface area contributed by atoms with E-state index in [9.17, 15) is 13.2 Å². The number of carbonyl (C=O) groups excluding carboxylic acids is 1. The molecule has 0 unspecified atom stereocenters. The number of carbonyl (C=O) groups is 1. The van der Waals surface area contributed by atoms with Crippen molar-refractivity contribution in [1.29, 1.82) is 0 Å².